The van der Waals surface area contributed by atoms with Gasteiger partial charge < -0.3 is 15.7 Å². The maximum atomic E-state index is 11.7. The third-order valence-electron chi connectivity index (χ3n) is 3.21. The van der Waals surface area contributed by atoms with Crippen molar-refractivity contribution in [2.45, 2.75) is 51.1 Å². The summed E-state index contributed by atoms with van der Waals surface area (Å²) in [6, 6.07) is -0.727. The second kappa shape index (κ2) is 5.84. The molecule has 1 saturated carbocycles. The summed E-state index contributed by atoms with van der Waals surface area (Å²) in [7, 11) is 0. The Balaban J connectivity index is 2.76. The molecule has 1 fully saturated rings. The number of amides is 1. The standard InChI is InChI=1S/C11H20N2O3/c1-8(11(15)16)13(10(14)7-12)9-5-3-2-4-6-9/h8-9H,2-7,12H2,1H3,(H,15,16)/t8-/m1/s1. The summed E-state index contributed by atoms with van der Waals surface area (Å²) in [6.07, 6.45) is 5.08. The minimum Gasteiger partial charge on any atom is -0.480 e. The van der Waals surface area contributed by atoms with Crippen LogP contribution in [0.25, 0.3) is 0 Å². The van der Waals surface area contributed by atoms with Crippen molar-refractivity contribution in [1.29, 1.82) is 0 Å². The Bertz CT molecular complexity index is 262. The molecule has 92 valence electrons. The molecule has 0 aromatic heterocycles. The first-order valence-electron chi connectivity index (χ1n) is 5.82. The molecule has 0 aromatic carbocycles. The van der Waals surface area contributed by atoms with Crippen molar-refractivity contribution in [2.75, 3.05) is 6.54 Å². The zero-order chi connectivity index (χ0) is 12.1. The fraction of sp³-hybridized carbons (Fsp3) is 0.818. The SMILES string of the molecule is C[C@H](C(=O)O)N(C(=O)CN)C1CCCCC1. The van der Waals surface area contributed by atoms with Crippen molar-refractivity contribution >= 4 is 11.9 Å². The van der Waals surface area contributed by atoms with Gasteiger partial charge in [0.05, 0.1) is 6.54 Å². The fourth-order valence-corrected chi connectivity index (χ4v) is 2.32. The summed E-state index contributed by atoms with van der Waals surface area (Å²) in [5.74, 6) is -1.23. The molecule has 0 heterocycles. The van der Waals surface area contributed by atoms with E-state index in [4.69, 9.17) is 10.8 Å². The van der Waals surface area contributed by atoms with E-state index in [-0.39, 0.29) is 18.5 Å². The van der Waals surface area contributed by atoms with E-state index < -0.39 is 12.0 Å². The van der Waals surface area contributed by atoms with Crippen LogP contribution in [-0.2, 0) is 9.59 Å². The summed E-state index contributed by atoms with van der Waals surface area (Å²) < 4.78 is 0. The van der Waals surface area contributed by atoms with Gasteiger partial charge in [-0.3, -0.25) is 4.79 Å². The molecular formula is C11H20N2O3. The maximum Gasteiger partial charge on any atom is 0.326 e. The molecule has 0 unspecified atom stereocenters. The van der Waals surface area contributed by atoms with Gasteiger partial charge >= 0.3 is 5.97 Å². The van der Waals surface area contributed by atoms with Gasteiger partial charge in [-0.05, 0) is 19.8 Å². The molecule has 1 amide bonds. The molecule has 0 saturated heterocycles. The minimum atomic E-state index is -0.965. The average molecular weight is 228 g/mol. The quantitative estimate of drug-likeness (QED) is 0.737. The van der Waals surface area contributed by atoms with Crippen molar-refractivity contribution in [3.63, 3.8) is 0 Å². The highest BCUT2D eigenvalue weighted by Gasteiger charge is 2.31. The lowest BCUT2D eigenvalue weighted by atomic mass is 9.93. The highest BCUT2D eigenvalue weighted by molar-refractivity contribution is 5.84. The predicted molar refractivity (Wildman–Crippen MR) is 59.9 cm³/mol. The number of hydrogen-bond donors (Lipinski definition) is 2. The van der Waals surface area contributed by atoms with Crippen LogP contribution in [0.15, 0.2) is 0 Å². The van der Waals surface area contributed by atoms with Gasteiger partial charge in [-0.15, -0.1) is 0 Å². The van der Waals surface area contributed by atoms with E-state index in [0.29, 0.717) is 0 Å². The van der Waals surface area contributed by atoms with Gasteiger partial charge in [-0.25, -0.2) is 4.79 Å². The van der Waals surface area contributed by atoms with Gasteiger partial charge in [-0.2, -0.15) is 0 Å². The van der Waals surface area contributed by atoms with Crippen LogP contribution in [0.1, 0.15) is 39.0 Å². The van der Waals surface area contributed by atoms with Crippen molar-refractivity contribution in [2.24, 2.45) is 5.73 Å². The lowest BCUT2D eigenvalue weighted by molar-refractivity contribution is -0.151. The third kappa shape index (κ3) is 2.95. The third-order valence-corrected chi connectivity index (χ3v) is 3.21. The molecule has 1 aliphatic rings. The Morgan fingerprint density at radius 2 is 1.94 bits per heavy atom. The number of aliphatic carboxylic acids is 1. The monoisotopic (exact) mass is 228 g/mol. The number of carboxylic acid groups (broad SMARTS) is 1. The minimum absolute atomic E-state index is 0.0518. The predicted octanol–water partition coefficient (Wildman–Crippen LogP) is 0.579. The second-order valence-electron chi connectivity index (χ2n) is 4.31. The fourth-order valence-electron chi connectivity index (χ4n) is 2.32. The smallest absolute Gasteiger partial charge is 0.326 e. The topological polar surface area (TPSA) is 83.6 Å². The highest BCUT2D eigenvalue weighted by atomic mass is 16.4. The lowest BCUT2D eigenvalue weighted by Gasteiger charge is -2.36. The Kier molecular flexibility index (Phi) is 4.73. The van der Waals surface area contributed by atoms with E-state index >= 15 is 0 Å². The number of nitrogens with zero attached hydrogens (tertiary/aromatic N) is 1. The van der Waals surface area contributed by atoms with Crippen molar-refractivity contribution in [3.05, 3.63) is 0 Å². The van der Waals surface area contributed by atoms with Crippen LogP contribution < -0.4 is 5.73 Å². The molecule has 16 heavy (non-hydrogen) atoms. The Labute approximate surface area is 95.6 Å². The molecular weight excluding hydrogens is 208 g/mol. The largest absolute Gasteiger partial charge is 0.480 e. The number of hydrogen-bond acceptors (Lipinski definition) is 3. The second-order valence-corrected chi connectivity index (χ2v) is 4.31. The average Bonchev–Trinajstić information content (AvgIpc) is 2.30. The molecule has 0 aliphatic heterocycles. The molecule has 5 heteroatoms. The molecule has 0 bridgehead atoms. The summed E-state index contributed by atoms with van der Waals surface area (Å²) in [5.41, 5.74) is 5.33. The number of nitrogens with two attached hydrogens (primary N) is 1. The van der Waals surface area contributed by atoms with Crippen LogP contribution in [-0.4, -0.2) is 40.5 Å². The summed E-state index contributed by atoms with van der Waals surface area (Å²) in [5, 5.41) is 8.99. The first-order valence-corrected chi connectivity index (χ1v) is 5.82. The molecule has 0 spiro atoms. The molecule has 3 N–H and O–H groups in total. The van der Waals surface area contributed by atoms with Gasteiger partial charge in [0.15, 0.2) is 0 Å². The van der Waals surface area contributed by atoms with E-state index in [2.05, 4.69) is 0 Å². The van der Waals surface area contributed by atoms with Gasteiger partial charge in [0.25, 0.3) is 0 Å². The van der Waals surface area contributed by atoms with Gasteiger partial charge in [0.2, 0.25) is 5.91 Å². The lowest BCUT2D eigenvalue weighted by Crippen LogP contribution is -2.52. The number of carbonyl (C=O) groups excluding carboxylic acids is 1. The van der Waals surface area contributed by atoms with Gasteiger partial charge in [-0.1, -0.05) is 19.3 Å². The van der Waals surface area contributed by atoms with Crippen LogP contribution in [0.5, 0.6) is 0 Å². The van der Waals surface area contributed by atoms with E-state index in [1.165, 1.54) is 11.3 Å². The molecule has 0 radical (unpaired) electrons. The molecule has 1 aliphatic carbocycles. The maximum absolute atomic E-state index is 11.7. The van der Waals surface area contributed by atoms with E-state index in [0.717, 1.165) is 25.7 Å². The number of carboxylic acids is 1. The van der Waals surface area contributed by atoms with Crippen LogP contribution in [0.3, 0.4) is 0 Å². The summed E-state index contributed by atoms with van der Waals surface area (Å²) in [6.45, 7) is 1.43. The van der Waals surface area contributed by atoms with Gasteiger partial charge in [0, 0.05) is 6.04 Å². The zero-order valence-electron chi connectivity index (χ0n) is 9.69. The molecule has 1 rings (SSSR count). The highest BCUT2D eigenvalue weighted by Crippen LogP contribution is 2.24. The van der Waals surface area contributed by atoms with Crippen LogP contribution >= 0.6 is 0 Å². The van der Waals surface area contributed by atoms with E-state index in [1.807, 2.05) is 0 Å². The first-order chi connectivity index (χ1) is 7.57. The van der Waals surface area contributed by atoms with Crippen molar-refractivity contribution < 1.29 is 14.7 Å². The normalized spacial score (nSPS) is 19.1. The van der Waals surface area contributed by atoms with Crippen LogP contribution in [0, 0.1) is 0 Å². The van der Waals surface area contributed by atoms with Crippen LogP contribution in [0.4, 0.5) is 0 Å². The zero-order valence-corrected chi connectivity index (χ0v) is 9.69. The molecule has 5 nitrogen and oxygen atoms in total. The Hall–Kier alpha value is -1.10. The van der Waals surface area contributed by atoms with E-state index in [9.17, 15) is 9.59 Å². The van der Waals surface area contributed by atoms with E-state index in [1.54, 1.807) is 6.92 Å². The number of carbonyl (C=O) groups is 2. The summed E-state index contributed by atoms with van der Waals surface area (Å²) in [4.78, 5) is 24.1. The first kappa shape index (κ1) is 13.0. The summed E-state index contributed by atoms with van der Waals surface area (Å²) >= 11 is 0. The van der Waals surface area contributed by atoms with Crippen molar-refractivity contribution in [3.8, 4) is 0 Å². The molecule has 0 aromatic rings. The van der Waals surface area contributed by atoms with Gasteiger partial charge in [0.1, 0.15) is 6.04 Å². The number of rotatable bonds is 4. The molecule has 1 atom stereocenters. The Morgan fingerprint density at radius 3 is 2.38 bits per heavy atom. The Morgan fingerprint density at radius 1 is 1.38 bits per heavy atom. The van der Waals surface area contributed by atoms with Crippen LogP contribution in [0.2, 0.25) is 0 Å². The van der Waals surface area contributed by atoms with Crippen molar-refractivity contribution in [1.82, 2.24) is 4.90 Å².